The molecule has 0 spiro atoms. The molecular weight excluding hydrogens is 452 g/mol. The van der Waals surface area contributed by atoms with Crippen LogP contribution in [0.5, 0.6) is 0 Å². The largest absolute Gasteiger partial charge is 0.480 e. The third-order valence-electron chi connectivity index (χ3n) is 5.01. The number of halogens is 1. The number of rotatable bonds is 9. The minimum atomic E-state index is -1.13. The monoisotopic (exact) mass is 476 g/mol. The average Bonchev–Trinajstić information content (AvgIpc) is 2.88. The van der Waals surface area contributed by atoms with E-state index in [1.807, 2.05) is 30.3 Å². The Morgan fingerprint density at radius 1 is 1.28 bits per heavy atom. The second kappa shape index (κ2) is 11.4. The van der Waals surface area contributed by atoms with E-state index in [9.17, 15) is 19.5 Å². The van der Waals surface area contributed by atoms with Gasteiger partial charge in [-0.3, -0.25) is 24.6 Å². The van der Waals surface area contributed by atoms with Gasteiger partial charge in [0.1, 0.15) is 12.6 Å². The van der Waals surface area contributed by atoms with Crippen LogP contribution in [0.15, 0.2) is 53.4 Å². The van der Waals surface area contributed by atoms with Crippen molar-refractivity contribution < 1.29 is 24.2 Å². The number of nitrogens with zero attached hydrogens (tertiary/aromatic N) is 1. The maximum absolute atomic E-state index is 13.3. The van der Waals surface area contributed by atoms with Gasteiger partial charge in [-0.2, -0.15) is 0 Å². The summed E-state index contributed by atoms with van der Waals surface area (Å²) in [6, 6.07) is 13.2. The van der Waals surface area contributed by atoms with Crippen molar-refractivity contribution in [1.29, 1.82) is 0 Å². The highest BCUT2D eigenvalue weighted by Gasteiger charge is 2.35. The maximum atomic E-state index is 13.3. The molecule has 0 aliphatic carbocycles. The van der Waals surface area contributed by atoms with Crippen LogP contribution in [0.25, 0.3) is 0 Å². The van der Waals surface area contributed by atoms with Crippen LogP contribution in [0, 0.1) is 0 Å². The van der Waals surface area contributed by atoms with Crippen LogP contribution in [0.1, 0.15) is 18.9 Å². The highest BCUT2D eigenvalue weighted by atomic mass is 35.5. The number of amides is 1. The zero-order chi connectivity index (χ0) is 23.1. The molecule has 32 heavy (non-hydrogen) atoms. The lowest BCUT2D eigenvalue weighted by atomic mass is 10.0. The van der Waals surface area contributed by atoms with Gasteiger partial charge in [0.25, 0.3) is 0 Å². The standard InChI is InChI=1S/C23H25ClN2O5S/c1-2-31-23(30)17(10-8-15-6-4-3-5-7-15)25-18-14-32-20-12-16(24)9-11-19(20)26(22(18)29)13-21(27)28/h3-7,9,11-12,17-18,25H,2,8,10,13-14H2,1H3,(H,27,28). The average molecular weight is 477 g/mol. The topological polar surface area (TPSA) is 95.9 Å². The SMILES string of the molecule is CCOC(=O)C(CCc1ccccc1)NC1CSc2cc(Cl)ccc2N(CC(=O)O)C1=O. The second-order valence-corrected chi connectivity index (χ2v) is 8.79. The van der Waals surface area contributed by atoms with Crippen LogP contribution in [-0.2, 0) is 25.5 Å². The van der Waals surface area contributed by atoms with Crippen molar-refractivity contribution in [2.24, 2.45) is 0 Å². The summed E-state index contributed by atoms with van der Waals surface area (Å²) in [5.74, 6) is -1.65. The summed E-state index contributed by atoms with van der Waals surface area (Å²) in [5, 5.41) is 13.0. The summed E-state index contributed by atoms with van der Waals surface area (Å²) in [5.41, 5.74) is 1.56. The number of hydrogen-bond acceptors (Lipinski definition) is 6. The lowest BCUT2D eigenvalue weighted by Gasteiger charge is -2.27. The number of esters is 1. The fourth-order valence-electron chi connectivity index (χ4n) is 3.51. The molecule has 0 bridgehead atoms. The molecule has 0 saturated heterocycles. The van der Waals surface area contributed by atoms with E-state index in [1.54, 1.807) is 25.1 Å². The third kappa shape index (κ3) is 6.25. The first kappa shape index (κ1) is 24.1. The Kier molecular flexibility index (Phi) is 8.55. The van der Waals surface area contributed by atoms with Gasteiger partial charge in [0.2, 0.25) is 5.91 Å². The fraction of sp³-hybridized carbons (Fsp3) is 0.348. The number of anilines is 1. The molecule has 2 unspecified atom stereocenters. The summed E-state index contributed by atoms with van der Waals surface area (Å²) < 4.78 is 5.22. The van der Waals surface area contributed by atoms with Crippen LogP contribution in [0.3, 0.4) is 0 Å². The number of carboxylic acid groups (broad SMARTS) is 1. The quantitative estimate of drug-likeness (QED) is 0.535. The molecule has 2 atom stereocenters. The molecular formula is C23H25ClN2O5S. The molecule has 170 valence electrons. The molecule has 3 rings (SSSR count). The molecule has 0 aromatic heterocycles. The van der Waals surface area contributed by atoms with Crippen molar-refractivity contribution >= 4 is 46.9 Å². The smallest absolute Gasteiger partial charge is 0.323 e. The number of thioether (sulfide) groups is 1. The lowest BCUT2D eigenvalue weighted by Crippen LogP contribution is -2.54. The Hall–Kier alpha value is -2.55. The molecule has 0 saturated carbocycles. The van der Waals surface area contributed by atoms with E-state index in [4.69, 9.17) is 16.3 Å². The minimum absolute atomic E-state index is 0.227. The fourth-order valence-corrected chi connectivity index (χ4v) is 4.86. The van der Waals surface area contributed by atoms with Crippen LogP contribution in [0.2, 0.25) is 5.02 Å². The Morgan fingerprint density at radius 2 is 2.03 bits per heavy atom. The normalized spacial score (nSPS) is 16.8. The predicted octanol–water partition coefficient (Wildman–Crippen LogP) is 3.39. The number of nitrogens with one attached hydrogen (secondary N) is 1. The van der Waals surface area contributed by atoms with E-state index in [-0.39, 0.29) is 6.61 Å². The van der Waals surface area contributed by atoms with Gasteiger partial charge in [-0.1, -0.05) is 41.9 Å². The van der Waals surface area contributed by atoms with Crippen molar-refractivity contribution in [2.75, 3.05) is 23.8 Å². The van der Waals surface area contributed by atoms with Gasteiger partial charge < -0.3 is 9.84 Å². The molecule has 2 N–H and O–H groups in total. The molecule has 0 fully saturated rings. The van der Waals surface area contributed by atoms with Crippen molar-refractivity contribution in [1.82, 2.24) is 5.32 Å². The predicted molar refractivity (Wildman–Crippen MR) is 124 cm³/mol. The summed E-state index contributed by atoms with van der Waals surface area (Å²) in [6.45, 7) is 1.47. The number of hydrogen-bond donors (Lipinski definition) is 2. The van der Waals surface area contributed by atoms with Gasteiger partial charge in [-0.25, -0.2) is 0 Å². The number of aryl methyl sites for hydroxylation is 1. The van der Waals surface area contributed by atoms with Crippen LogP contribution in [-0.4, -0.2) is 53.9 Å². The molecule has 1 aliphatic heterocycles. The van der Waals surface area contributed by atoms with Crippen LogP contribution >= 0.6 is 23.4 Å². The third-order valence-corrected chi connectivity index (χ3v) is 6.39. The van der Waals surface area contributed by atoms with E-state index in [0.717, 1.165) is 5.56 Å². The zero-order valence-electron chi connectivity index (χ0n) is 17.6. The van der Waals surface area contributed by atoms with E-state index in [1.165, 1.54) is 16.7 Å². The molecule has 1 heterocycles. The number of carbonyl (C=O) groups excluding carboxylic acids is 2. The number of ether oxygens (including phenoxy) is 1. The Bertz CT molecular complexity index is 972. The molecule has 9 heteroatoms. The van der Waals surface area contributed by atoms with Gasteiger partial charge in [-0.05, 0) is 43.5 Å². The highest BCUT2D eigenvalue weighted by molar-refractivity contribution is 7.99. The van der Waals surface area contributed by atoms with E-state index in [2.05, 4.69) is 5.32 Å². The summed E-state index contributed by atoms with van der Waals surface area (Å²) >= 11 is 7.50. The van der Waals surface area contributed by atoms with Crippen molar-refractivity contribution in [3.63, 3.8) is 0 Å². The molecule has 7 nitrogen and oxygen atoms in total. The summed E-state index contributed by atoms with van der Waals surface area (Å²) in [6.07, 6.45) is 1.06. The van der Waals surface area contributed by atoms with Crippen LogP contribution < -0.4 is 10.2 Å². The van der Waals surface area contributed by atoms with Gasteiger partial charge >= 0.3 is 11.9 Å². The number of fused-ring (bicyclic) bond motifs is 1. The van der Waals surface area contributed by atoms with Gasteiger partial charge in [0.15, 0.2) is 0 Å². The summed E-state index contributed by atoms with van der Waals surface area (Å²) in [7, 11) is 0. The first-order chi connectivity index (χ1) is 15.4. The van der Waals surface area contributed by atoms with Crippen molar-refractivity contribution in [3.05, 3.63) is 59.1 Å². The van der Waals surface area contributed by atoms with E-state index in [0.29, 0.717) is 34.2 Å². The van der Waals surface area contributed by atoms with Crippen LogP contribution in [0.4, 0.5) is 5.69 Å². The Morgan fingerprint density at radius 3 is 2.72 bits per heavy atom. The maximum Gasteiger partial charge on any atom is 0.323 e. The first-order valence-corrected chi connectivity index (χ1v) is 11.7. The molecule has 0 radical (unpaired) electrons. The number of aliphatic carboxylic acids is 1. The van der Waals surface area contributed by atoms with E-state index < -0.39 is 36.5 Å². The molecule has 2 aromatic carbocycles. The van der Waals surface area contributed by atoms with Gasteiger partial charge in [-0.15, -0.1) is 11.8 Å². The lowest BCUT2D eigenvalue weighted by molar-refractivity contribution is -0.146. The Labute approximate surface area is 196 Å². The van der Waals surface area contributed by atoms with Gasteiger partial charge in [0, 0.05) is 15.7 Å². The molecule has 2 aromatic rings. The summed E-state index contributed by atoms with van der Waals surface area (Å²) in [4.78, 5) is 39.4. The number of benzene rings is 2. The molecule has 1 aliphatic rings. The van der Waals surface area contributed by atoms with Gasteiger partial charge in [0.05, 0.1) is 18.3 Å². The minimum Gasteiger partial charge on any atom is -0.480 e. The van der Waals surface area contributed by atoms with Crippen molar-refractivity contribution in [2.45, 2.75) is 36.7 Å². The number of carbonyl (C=O) groups is 3. The first-order valence-electron chi connectivity index (χ1n) is 10.3. The highest BCUT2D eigenvalue weighted by Crippen LogP contribution is 2.36. The number of carboxylic acids is 1. The Balaban J connectivity index is 1.82. The van der Waals surface area contributed by atoms with E-state index >= 15 is 0 Å². The van der Waals surface area contributed by atoms with Crippen molar-refractivity contribution in [3.8, 4) is 0 Å². The second-order valence-electron chi connectivity index (χ2n) is 7.29. The zero-order valence-corrected chi connectivity index (χ0v) is 19.2. The molecule has 1 amide bonds.